The molecule has 3 aromatic rings. The van der Waals surface area contributed by atoms with Gasteiger partial charge in [0.05, 0.1) is 9.92 Å². The van der Waals surface area contributed by atoms with Crippen LogP contribution in [0.3, 0.4) is 0 Å². The van der Waals surface area contributed by atoms with Crippen LogP contribution in [0.4, 0.5) is 11.4 Å². The first-order valence-electron chi connectivity index (χ1n) is 9.70. The van der Waals surface area contributed by atoms with Gasteiger partial charge >= 0.3 is 0 Å². The van der Waals surface area contributed by atoms with Crippen LogP contribution in [0.15, 0.2) is 77.7 Å². The Hall–Kier alpha value is -3.03. The SMILES string of the molecule is CCC(Oc1ccccc1Cl)C(=O)Nc1ccc(S(=O)(=O)Nc2cccc(C)c2)cc1. The summed E-state index contributed by atoms with van der Waals surface area (Å²) in [7, 11) is -3.74. The first kappa shape index (κ1) is 22.7. The molecule has 0 aromatic heterocycles. The van der Waals surface area contributed by atoms with Crippen LogP contribution < -0.4 is 14.8 Å². The normalized spacial score (nSPS) is 12.1. The van der Waals surface area contributed by atoms with E-state index in [1.807, 2.05) is 19.9 Å². The maximum atomic E-state index is 12.6. The molecule has 0 spiro atoms. The summed E-state index contributed by atoms with van der Waals surface area (Å²) in [5.74, 6) is 0.0748. The Balaban J connectivity index is 1.67. The van der Waals surface area contributed by atoms with E-state index < -0.39 is 16.1 Å². The topological polar surface area (TPSA) is 84.5 Å². The van der Waals surface area contributed by atoms with Gasteiger partial charge in [0.1, 0.15) is 5.75 Å². The van der Waals surface area contributed by atoms with Crippen molar-refractivity contribution in [2.24, 2.45) is 0 Å². The number of sulfonamides is 1. The summed E-state index contributed by atoms with van der Waals surface area (Å²) in [6.45, 7) is 3.71. The molecule has 0 aliphatic carbocycles. The predicted octanol–water partition coefficient (Wildman–Crippen LogP) is 5.25. The molecule has 8 heteroatoms. The monoisotopic (exact) mass is 458 g/mol. The lowest BCUT2D eigenvalue weighted by Gasteiger charge is -2.18. The molecule has 0 saturated heterocycles. The lowest BCUT2D eigenvalue weighted by molar-refractivity contribution is -0.122. The van der Waals surface area contributed by atoms with Crippen LogP contribution in [0.25, 0.3) is 0 Å². The third kappa shape index (κ3) is 5.99. The van der Waals surface area contributed by atoms with Gasteiger partial charge < -0.3 is 10.1 Å². The molecule has 3 aromatic carbocycles. The molecule has 0 saturated carbocycles. The summed E-state index contributed by atoms with van der Waals surface area (Å²) in [6, 6.07) is 20.0. The minimum atomic E-state index is -3.74. The van der Waals surface area contributed by atoms with Crippen molar-refractivity contribution >= 4 is 38.9 Å². The van der Waals surface area contributed by atoms with Crippen molar-refractivity contribution in [3.8, 4) is 5.75 Å². The van der Waals surface area contributed by atoms with Crippen LogP contribution in [0, 0.1) is 6.92 Å². The lowest BCUT2D eigenvalue weighted by Crippen LogP contribution is -2.32. The van der Waals surface area contributed by atoms with E-state index in [9.17, 15) is 13.2 Å². The number of benzene rings is 3. The van der Waals surface area contributed by atoms with Gasteiger partial charge in [0.2, 0.25) is 0 Å². The molecule has 0 aliphatic rings. The second-order valence-corrected chi connectivity index (χ2v) is 9.02. The second-order valence-electron chi connectivity index (χ2n) is 6.93. The van der Waals surface area contributed by atoms with Crippen molar-refractivity contribution in [2.45, 2.75) is 31.3 Å². The number of nitrogens with one attached hydrogen (secondary N) is 2. The van der Waals surface area contributed by atoms with Gasteiger partial charge in [-0.3, -0.25) is 9.52 Å². The Labute approximate surface area is 187 Å². The summed E-state index contributed by atoms with van der Waals surface area (Å²) in [5, 5.41) is 3.17. The fourth-order valence-electron chi connectivity index (χ4n) is 2.88. The van der Waals surface area contributed by atoms with E-state index >= 15 is 0 Å². The summed E-state index contributed by atoms with van der Waals surface area (Å²) < 4.78 is 33.5. The highest BCUT2D eigenvalue weighted by atomic mass is 35.5. The number of hydrogen-bond donors (Lipinski definition) is 2. The Kier molecular flexibility index (Phi) is 7.20. The van der Waals surface area contributed by atoms with Crippen molar-refractivity contribution in [3.05, 3.63) is 83.4 Å². The summed E-state index contributed by atoms with van der Waals surface area (Å²) in [5.41, 5.74) is 1.89. The van der Waals surface area contributed by atoms with Gasteiger partial charge in [-0.05, 0) is 67.4 Å². The molecule has 6 nitrogen and oxygen atoms in total. The van der Waals surface area contributed by atoms with E-state index in [1.54, 1.807) is 42.5 Å². The Bertz CT molecular complexity index is 1160. The average Bonchev–Trinajstić information content (AvgIpc) is 2.73. The largest absolute Gasteiger partial charge is 0.479 e. The Morgan fingerprint density at radius 1 is 1.00 bits per heavy atom. The minimum Gasteiger partial charge on any atom is -0.479 e. The highest BCUT2D eigenvalue weighted by Crippen LogP contribution is 2.25. The zero-order chi connectivity index (χ0) is 22.4. The average molecular weight is 459 g/mol. The van der Waals surface area contributed by atoms with E-state index in [0.29, 0.717) is 28.6 Å². The molecule has 0 heterocycles. The number of para-hydroxylation sites is 1. The zero-order valence-electron chi connectivity index (χ0n) is 17.1. The van der Waals surface area contributed by atoms with Crippen LogP contribution in [-0.4, -0.2) is 20.4 Å². The van der Waals surface area contributed by atoms with Gasteiger partial charge in [0.25, 0.3) is 15.9 Å². The number of halogens is 1. The minimum absolute atomic E-state index is 0.0892. The summed E-state index contributed by atoms with van der Waals surface area (Å²) in [4.78, 5) is 12.7. The molecular formula is C23H23ClN2O4S. The standard InChI is InChI=1S/C23H23ClN2O4S/c1-3-21(30-22-10-5-4-9-20(22)24)23(27)25-17-11-13-19(14-12-17)31(28,29)26-18-8-6-7-16(2)15-18/h4-15,21,26H,3H2,1-2H3,(H,25,27). The summed E-state index contributed by atoms with van der Waals surface area (Å²) >= 11 is 6.10. The molecule has 31 heavy (non-hydrogen) atoms. The second kappa shape index (κ2) is 9.85. The number of carbonyl (C=O) groups is 1. The fourth-order valence-corrected chi connectivity index (χ4v) is 4.11. The molecule has 0 bridgehead atoms. The van der Waals surface area contributed by atoms with Crippen LogP contribution >= 0.6 is 11.6 Å². The predicted molar refractivity (Wildman–Crippen MR) is 123 cm³/mol. The van der Waals surface area contributed by atoms with Crippen molar-refractivity contribution in [1.82, 2.24) is 0 Å². The number of carbonyl (C=O) groups excluding carboxylic acids is 1. The van der Waals surface area contributed by atoms with Crippen LogP contribution in [-0.2, 0) is 14.8 Å². The number of ether oxygens (including phenoxy) is 1. The quantitative estimate of drug-likeness (QED) is 0.483. The molecule has 3 rings (SSSR count). The molecule has 0 radical (unpaired) electrons. The smallest absolute Gasteiger partial charge is 0.265 e. The number of amides is 1. The Morgan fingerprint density at radius 2 is 1.71 bits per heavy atom. The number of hydrogen-bond acceptors (Lipinski definition) is 4. The molecule has 1 unspecified atom stereocenters. The highest BCUT2D eigenvalue weighted by Gasteiger charge is 2.20. The molecule has 2 N–H and O–H groups in total. The number of anilines is 2. The first-order valence-corrected chi connectivity index (χ1v) is 11.6. The van der Waals surface area contributed by atoms with E-state index in [4.69, 9.17) is 16.3 Å². The first-order chi connectivity index (χ1) is 14.8. The van der Waals surface area contributed by atoms with Gasteiger partial charge in [-0.2, -0.15) is 0 Å². The van der Waals surface area contributed by atoms with Crippen molar-refractivity contribution in [1.29, 1.82) is 0 Å². The highest BCUT2D eigenvalue weighted by molar-refractivity contribution is 7.92. The number of rotatable bonds is 8. The molecule has 162 valence electrons. The van der Waals surface area contributed by atoms with Gasteiger partial charge in [-0.1, -0.05) is 42.8 Å². The maximum Gasteiger partial charge on any atom is 0.265 e. The van der Waals surface area contributed by atoms with Crippen molar-refractivity contribution < 1.29 is 17.9 Å². The van der Waals surface area contributed by atoms with Crippen LogP contribution in [0.5, 0.6) is 5.75 Å². The van der Waals surface area contributed by atoms with Gasteiger partial charge in [0, 0.05) is 11.4 Å². The molecule has 0 aliphatic heterocycles. The van der Waals surface area contributed by atoms with E-state index in [2.05, 4.69) is 10.0 Å². The molecule has 1 atom stereocenters. The van der Waals surface area contributed by atoms with Gasteiger partial charge in [-0.25, -0.2) is 8.42 Å². The number of aryl methyl sites for hydroxylation is 1. The lowest BCUT2D eigenvalue weighted by atomic mass is 10.2. The van der Waals surface area contributed by atoms with Crippen LogP contribution in [0.1, 0.15) is 18.9 Å². The van der Waals surface area contributed by atoms with E-state index in [-0.39, 0.29) is 10.8 Å². The zero-order valence-corrected chi connectivity index (χ0v) is 18.7. The van der Waals surface area contributed by atoms with Crippen molar-refractivity contribution in [3.63, 3.8) is 0 Å². The maximum absolute atomic E-state index is 12.6. The van der Waals surface area contributed by atoms with E-state index in [0.717, 1.165) is 5.56 Å². The van der Waals surface area contributed by atoms with Gasteiger partial charge in [-0.15, -0.1) is 0 Å². The Morgan fingerprint density at radius 3 is 2.35 bits per heavy atom. The molecular weight excluding hydrogens is 436 g/mol. The molecule has 1 amide bonds. The van der Waals surface area contributed by atoms with Crippen molar-refractivity contribution in [2.75, 3.05) is 10.0 Å². The van der Waals surface area contributed by atoms with Crippen LogP contribution in [0.2, 0.25) is 5.02 Å². The van der Waals surface area contributed by atoms with Gasteiger partial charge in [0.15, 0.2) is 6.10 Å². The third-order valence-corrected chi connectivity index (χ3v) is 6.18. The fraction of sp³-hybridized carbons (Fsp3) is 0.174. The molecule has 0 fully saturated rings. The van der Waals surface area contributed by atoms with E-state index in [1.165, 1.54) is 24.3 Å². The third-order valence-electron chi connectivity index (χ3n) is 4.47. The summed E-state index contributed by atoms with van der Waals surface area (Å²) in [6.07, 6.45) is -0.310.